The first-order valence-corrected chi connectivity index (χ1v) is 5.51. The number of halogens is 1. The predicted octanol–water partition coefficient (Wildman–Crippen LogP) is 1.43. The molecule has 1 aromatic rings. The molecule has 1 fully saturated rings. The van der Waals surface area contributed by atoms with Gasteiger partial charge in [0.15, 0.2) is 11.0 Å². The molecule has 2 rings (SSSR count). The predicted molar refractivity (Wildman–Crippen MR) is 59.6 cm³/mol. The lowest BCUT2D eigenvalue weighted by Crippen LogP contribution is -2.39. The third kappa shape index (κ3) is 2.41. The smallest absolute Gasteiger partial charge is 0.308 e. The number of piperidine rings is 1. The highest BCUT2D eigenvalue weighted by molar-refractivity contribution is 6.29. The zero-order chi connectivity index (χ0) is 11.5. The van der Waals surface area contributed by atoms with Gasteiger partial charge in [0, 0.05) is 13.1 Å². The Morgan fingerprint density at radius 1 is 1.50 bits per heavy atom. The molecule has 5 nitrogen and oxygen atoms in total. The van der Waals surface area contributed by atoms with Crippen LogP contribution < -0.4 is 4.90 Å². The summed E-state index contributed by atoms with van der Waals surface area (Å²) >= 11 is 5.64. The Balaban J connectivity index is 2.09. The van der Waals surface area contributed by atoms with Gasteiger partial charge in [0.2, 0.25) is 0 Å². The van der Waals surface area contributed by atoms with Crippen molar-refractivity contribution in [1.29, 1.82) is 0 Å². The van der Waals surface area contributed by atoms with Crippen LogP contribution in [0.25, 0.3) is 0 Å². The molecule has 2 heterocycles. The lowest BCUT2D eigenvalue weighted by Gasteiger charge is -2.31. The Bertz CT molecular complexity index is 382. The molecule has 6 heteroatoms. The molecule has 0 saturated carbocycles. The van der Waals surface area contributed by atoms with Gasteiger partial charge >= 0.3 is 5.97 Å². The number of nitrogens with zero attached hydrogens (tertiary/aromatic N) is 3. The molecular weight excluding hydrogens is 230 g/mol. The van der Waals surface area contributed by atoms with Crippen molar-refractivity contribution < 1.29 is 9.90 Å². The summed E-state index contributed by atoms with van der Waals surface area (Å²) in [5.74, 6) is -0.367. The second-order valence-electron chi connectivity index (χ2n) is 3.84. The Morgan fingerprint density at radius 2 is 2.31 bits per heavy atom. The second-order valence-corrected chi connectivity index (χ2v) is 4.22. The first-order chi connectivity index (χ1) is 7.66. The van der Waals surface area contributed by atoms with Gasteiger partial charge < -0.3 is 10.0 Å². The fraction of sp³-hybridized carbons (Fsp3) is 0.500. The van der Waals surface area contributed by atoms with E-state index in [4.69, 9.17) is 16.7 Å². The van der Waals surface area contributed by atoms with Crippen molar-refractivity contribution in [2.24, 2.45) is 5.92 Å². The van der Waals surface area contributed by atoms with Crippen LogP contribution in [0.4, 0.5) is 5.82 Å². The minimum atomic E-state index is -0.744. The van der Waals surface area contributed by atoms with Gasteiger partial charge in [0.1, 0.15) is 0 Å². The number of rotatable bonds is 2. The Kier molecular flexibility index (Phi) is 3.24. The Hall–Kier alpha value is -1.36. The zero-order valence-electron chi connectivity index (χ0n) is 8.64. The van der Waals surface area contributed by atoms with Crippen LogP contribution in [-0.4, -0.2) is 34.4 Å². The molecule has 0 aliphatic carbocycles. The Labute approximate surface area is 98.0 Å². The largest absolute Gasteiger partial charge is 0.481 e. The minimum Gasteiger partial charge on any atom is -0.481 e. The van der Waals surface area contributed by atoms with Crippen molar-refractivity contribution >= 4 is 23.4 Å². The van der Waals surface area contributed by atoms with E-state index in [1.54, 1.807) is 12.1 Å². The van der Waals surface area contributed by atoms with Crippen LogP contribution in [0.5, 0.6) is 0 Å². The standard InChI is InChI=1S/C10H12ClN3O2/c11-8-3-4-9(13-12-8)14-5-1-2-7(6-14)10(15)16/h3-4,7H,1-2,5-6H2,(H,15,16)/t7-/m0/s1. The molecule has 0 amide bonds. The molecule has 1 saturated heterocycles. The van der Waals surface area contributed by atoms with Gasteiger partial charge in [-0.15, -0.1) is 10.2 Å². The highest BCUT2D eigenvalue weighted by Crippen LogP contribution is 2.21. The number of hydrogen-bond donors (Lipinski definition) is 1. The topological polar surface area (TPSA) is 66.3 Å². The van der Waals surface area contributed by atoms with Gasteiger partial charge in [-0.05, 0) is 25.0 Å². The van der Waals surface area contributed by atoms with Crippen LogP contribution in [-0.2, 0) is 4.79 Å². The summed E-state index contributed by atoms with van der Waals surface area (Å²) in [4.78, 5) is 12.8. The summed E-state index contributed by atoms with van der Waals surface area (Å²) in [5, 5.41) is 17.0. The van der Waals surface area contributed by atoms with Crippen LogP contribution in [0.2, 0.25) is 5.15 Å². The van der Waals surface area contributed by atoms with Crippen LogP contribution in [0.1, 0.15) is 12.8 Å². The molecule has 0 bridgehead atoms. The van der Waals surface area contributed by atoms with Crippen LogP contribution in [0.15, 0.2) is 12.1 Å². The van der Waals surface area contributed by atoms with Crippen molar-refractivity contribution in [3.8, 4) is 0 Å². The van der Waals surface area contributed by atoms with Crippen molar-refractivity contribution in [3.63, 3.8) is 0 Å². The maximum Gasteiger partial charge on any atom is 0.308 e. The van der Waals surface area contributed by atoms with E-state index in [9.17, 15) is 4.79 Å². The van der Waals surface area contributed by atoms with Crippen molar-refractivity contribution in [2.45, 2.75) is 12.8 Å². The fourth-order valence-electron chi connectivity index (χ4n) is 1.86. The van der Waals surface area contributed by atoms with E-state index in [1.165, 1.54) is 0 Å². The van der Waals surface area contributed by atoms with Gasteiger partial charge in [0.25, 0.3) is 0 Å². The van der Waals surface area contributed by atoms with E-state index >= 15 is 0 Å². The summed E-state index contributed by atoms with van der Waals surface area (Å²) in [6, 6.07) is 3.42. The first kappa shape index (κ1) is 11.1. The summed E-state index contributed by atoms with van der Waals surface area (Å²) in [6.07, 6.45) is 1.59. The number of carboxylic acid groups (broad SMARTS) is 1. The fourth-order valence-corrected chi connectivity index (χ4v) is 1.97. The third-order valence-corrected chi connectivity index (χ3v) is 2.91. The molecule has 86 valence electrons. The van der Waals surface area contributed by atoms with E-state index in [0.29, 0.717) is 17.5 Å². The average molecular weight is 242 g/mol. The highest BCUT2D eigenvalue weighted by Gasteiger charge is 2.26. The van der Waals surface area contributed by atoms with E-state index < -0.39 is 5.97 Å². The molecule has 1 aromatic heterocycles. The number of hydrogen-bond acceptors (Lipinski definition) is 4. The molecule has 1 atom stereocenters. The third-order valence-electron chi connectivity index (χ3n) is 2.71. The number of aromatic nitrogens is 2. The van der Waals surface area contributed by atoms with E-state index in [2.05, 4.69) is 10.2 Å². The van der Waals surface area contributed by atoms with Gasteiger partial charge in [0.05, 0.1) is 5.92 Å². The molecule has 0 aromatic carbocycles. The number of anilines is 1. The van der Waals surface area contributed by atoms with Crippen molar-refractivity contribution in [3.05, 3.63) is 17.3 Å². The molecule has 1 N–H and O–H groups in total. The molecule has 1 aliphatic rings. The number of aliphatic carboxylic acids is 1. The molecule has 0 spiro atoms. The van der Waals surface area contributed by atoms with Gasteiger partial charge in [-0.3, -0.25) is 4.79 Å². The molecule has 1 aliphatic heterocycles. The minimum absolute atomic E-state index is 0.314. The van der Waals surface area contributed by atoms with Gasteiger partial charge in [-0.2, -0.15) is 0 Å². The van der Waals surface area contributed by atoms with Crippen LogP contribution in [0, 0.1) is 5.92 Å². The first-order valence-electron chi connectivity index (χ1n) is 5.14. The monoisotopic (exact) mass is 241 g/mol. The zero-order valence-corrected chi connectivity index (χ0v) is 9.39. The maximum absolute atomic E-state index is 10.9. The number of carboxylic acids is 1. The lowest BCUT2D eigenvalue weighted by molar-refractivity contribution is -0.141. The molecule has 0 unspecified atom stereocenters. The Morgan fingerprint density at radius 3 is 2.94 bits per heavy atom. The quantitative estimate of drug-likeness (QED) is 0.849. The van der Waals surface area contributed by atoms with Crippen molar-refractivity contribution in [1.82, 2.24) is 10.2 Å². The highest BCUT2D eigenvalue weighted by atomic mass is 35.5. The van der Waals surface area contributed by atoms with E-state index in [0.717, 1.165) is 19.4 Å². The van der Waals surface area contributed by atoms with Gasteiger partial charge in [-0.1, -0.05) is 11.6 Å². The lowest BCUT2D eigenvalue weighted by atomic mass is 9.98. The van der Waals surface area contributed by atoms with Crippen molar-refractivity contribution in [2.75, 3.05) is 18.0 Å². The van der Waals surface area contributed by atoms with E-state index in [1.807, 2.05) is 4.90 Å². The van der Waals surface area contributed by atoms with E-state index in [-0.39, 0.29) is 5.92 Å². The molecule has 16 heavy (non-hydrogen) atoms. The summed E-state index contributed by atoms with van der Waals surface area (Å²) in [6.45, 7) is 1.31. The second kappa shape index (κ2) is 4.65. The van der Waals surface area contributed by atoms with Crippen LogP contribution in [0.3, 0.4) is 0 Å². The molecule has 0 radical (unpaired) electrons. The summed E-state index contributed by atoms with van der Waals surface area (Å²) < 4.78 is 0. The molecular formula is C10H12ClN3O2. The maximum atomic E-state index is 10.9. The van der Waals surface area contributed by atoms with Gasteiger partial charge in [-0.25, -0.2) is 0 Å². The summed E-state index contributed by atoms with van der Waals surface area (Å²) in [5.41, 5.74) is 0. The van der Waals surface area contributed by atoms with Crippen LogP contribution >= 0.6 is 11.6 Å². The normalized spacial score (nSPS) is 20.8. The average Bonchev–Trinajstić information content (AvgIpc) is 2.30. The summed E-state index contributed by atoms with van der Waals surface area (Å²) in [7, 11) is 0. The SMILES string of the molecule is O=C(O)[C@H]1CCCN(c2ccc(Cl)nn2)C1. The number of carbonyl (C=O) groups is 1.